The minimum Gasteiger partial charge on any atom is -0.497 e. The average Bonchev–Trinajstić information content (AvgIpc) is 2.63. The molecule has 5 atom stereocenters. The van der Waals surface area contributed by atoms with E-state index in [-0.39, 0.29) is 42.4 Å². The Bertz CT molecular complexity index is 568. The summed E-state index contributed by atoms with van der Waals surface area (Å²) in [4.78, 5) is 12.5. The van der Waals surface area contributed by atoms with Crippen LogP contribution in [0.3, 0.4) is 0 Å². The van der Waals surface area contributed by atoms with Crippen molar-refractivity contribution in [2.75, 3.05) is 13.7 Å². The second-order valence-electron chi connectivity index (χ2n) is 7.66. The summed E-state index contributed by atoms with van der Waals surface area (Å²) in [5.74, 6) is 0.807. The Morgan fingerprint density at radius 3 is 2.50 bits per heavy atom. The number of ether oxygens (including phenoxy) is 3. The maximum absolute atomic E-state index is 12.5. The van der Waals surface area contributed by atoms with Crippen LogP contribution in [0, 0.1) is 17.8 Å². The number of Topliss-reactive ketones (excluding diaryl/α,β-unsaturated/α-hetero) is 1. The zero-order valence-corrected chi connectivity index (χ0v) is 16.5. The van der Waals surface area contributed by atoms with Crippen molar-refractivity contribution in [3.8, 4) is 5.75 Å². The third-order valence-corrected chi connectivity index (χ3v) is 5.16. The maximum atomic E-state index is 12.5. The van der Waals surface area contributed by atoms with E-state index in [4.69, 9.17) is 14.2 Å². The Hall–Kier alpha value is -1.43. The van der Waals surface area contributed by atoms with Crippen LogP contribution in [0.25, 0.3) is 0 Å². The van der Waals surface area contributed by atoms with E-state index >= 15 is 0 Å². The number of carbonyl (C=O) groups excluding carboxylic acids is 1. The van der Waals surface area contributed by atoms with Crippen LogP contribution in [0.2, 0.25) is 0 Å². The van der Waals surface area contributed by atoms with Crippen molar-refractivity contribution in [1.82, 2.24) is 0 Å². The summed E-state index contributed by atoms with van der Waals surface area (Å²) < 4.78 is 17.1. The molecule has 0 spiro atoms. The molecule has 0 unspecified atom stereocenters. The number of aliphatic hydroxyl groups is 1. The number of aliphatic hydroxyl groups excluding tert-OH is 1. The Kier molecular flexibility index (Phi) is 7.62. The van der Waals surface area contributed by atoms with Gasteiger partial charge in [-0.3, -0.25) is 4.79 Å². The molecule has 1 aromatic rings. The largest absolute Gasteiger partial charge is 0.497 e. The Morgan fingerprint density at radius 2 is 1.92 bits per heavy atom. The molecule has 1 fully saturated rings. The van der Waals surface area contributed by atoms with Crippen LogP contribution < -0.4 is 4.74 Å². The molecule has 1 aromatic carbocycles. The standard InChI is InChI=1S/C21H32O5/c1-13(2)18(22)11-19(23)15(4)21-14(3)12-25-20(26-21)10-16-6-8-17(24-5)9-7-16/h6-9,13-15,18,20-22H,10-12H2,1-5H3/t14-,15-,18-,20-,21-/m0/s1. The Morgan fingerprint density at radius 1 is 1.27 bits per heavy atom. The first kappa shape index (κ1) is 20.9. The second kappa shape index (κ2) is 9.49. The van der Waals surface area contributed by atoms with Crippen LogP contribution in [-0.2, 0) is 20.7 Å². The molecule has 1 heterocycles. The van der Waals surface area contributed by atoms with Crippen LogP contribution in [0.15, 0.2) is 24.3 Å². The summed E-state index contributed by atoms with van der Waals surface area (Å²) in [7, 11) is 1.64. The summed E-state index contributed by atoms with van der Waals surface area (Å²) in [5.41, 5.74) is 1.10. The van der Waals surface area contributed by atoms with Crippen molar-refractivity contribution >= 4 is 5.78 Å². The molecule has 146 valence electrons. The zero-order chi connectivity index (χ0) is 19.3. The molecule has 0 aromatic heterocycles. The van der Waals surface area contributed by atoms with Gasteiger partial charge in [-0.25, -0.2) is 0 Å². The molecule has 0 bridgehead atoms. The fourth-order valence-electron chi connectivity index (χ4n) is 3.19. The van der Waals surface area contributed by atoms with Crippen LogP contribution in [-0.4, -0.2) is 43.1 Å². The molecular formula is C21H32O5. The molecule has 26 heavy (non-hydrogen) atoms. The SMILES string of the molecule is COc1ccc(C[C@H]2OC[C@H](C)[C@@H]([C@@H](C)C(=O)C[C@H](O)C(C)C)O2)cc1. The number of rotatable bonds is 8. The van der Waals surface area contributed by atoms with E-state index in [1.165, 1.54) is 0 Å². The van der Waals surface area contributed by atoms with Crippen LogP contribution >= 0.6 is 0 Å². The van der Waals surface area contributed by atoms with Crippen molar-refractivity contribution in [3.05, 3.63) is 29.8 Å². The highest BCUT2D eigenvalue weighted by molar-refractivity contribution is 5.81. The molecule has 1 saturated heterocycles. The van der Waals surface area contributed by atoms with Gasteiger partial charge in [-0.2, -0.15) is 0 Å². The van der Waals surface area contributed by atoms with Gasteiger partial charge in [0.2, 0.25) is 0 Å². The van der Waals surface area contributed by atoms with Crippen molar-refractivity contribution in [2.24, 2.45) is 17.8 Å². The highest BCUT2D eigenvalue weighted by Gasteiger charge is 2.36. The number of methoxy groups -OCH3 is 1. The summed E-state index contributed by atoms with van der Waals surface area (Å²) >= 11 is 0. The summed E-state index contributed by atoms with van der Waals surface area (Å²) in [6.07, 6.45) is -0.359. The molecule has 0 aliphatic carbocycles. The smallest absolute Gasteiger partial charge is 0.162 e. The third kappa shape index (κ3) is 5.53. The predicted molar refractivity (Wildman–Crippen MR) is 100 cm³/mol. The summed E-state index contributed by atoms with van der Waals surface area (Å²) in [5, 5.41) is 10.0. The molecular weight excluding hydrogens is 332 g/mol. The second-order valence-corrected chi connectivity index (χ2v) is 7.66. The van der Waals surface area contributed by atoms with E-state index in [0.717, 1.165) is 11.3 Å². The first-order chi connectivity index (χ1) is 12.3. The lowest BCUT2D eigenvalue weighted by Crippen LogP contribution is -2.45. The first-order valence-electron chi connectivity index (χ1n) is 9.42. The number of hydrogen-bond acceptors (Lipinski definition) is 5. The molecule has 0 saturated carbocycles. The zero-order valence-electron chi connectivity index (χ0n) is 16.5. The van der Waals surface area contributed by atoms with E-state index in [1.807, 2.05) is 52.0 Å². The van der Waals surface area contributed by atoms with Gasteiger partial charge in [-0.15, -0.1) is 0 Å². The van der Waals surface area contributed by atoms with Gasteiger partial charge in [0.15, 0.2) is 6.29 Å². The fourth-order valence-corrected chi connectivity index (χ4v) is 3.19. The van der Waals surface area contributed by atoms with Gasteiger partial charge >= 0.3 is 0 Å². The van der Waals surface area contributed by atoms with Crippen molar-refractivity contribution in [3.63, 3.8) is 0 Å². The number of benzene rings is 1. The molecule has 5 nitrogen and oxygen atoms in total. The lowest BCUT2D eigenvalue weighted by Gasteiger charge is -2.38. The molecule has 0 amide bonds. The number of ketones is 1. The molecule has 1 N–H and O–H groups in total. The minimum absolute atomic E-state index is 0.0492. The van der Waals surface area contributed by atoms with E-state index in [9.17, 15) is 9.90 Å². The molecule has 1 aliphatic heterocycles. The van der Waals surface area contributed by atoms with Crippen molar-refractivity contribution in [2.45, 2.75) is 59.0 Å². The highest BCUT2D eigenvalue weighted by atomic mass is 16.7. The van der Waals surface area contributed by atoms with Crippen LogP contribution in [0.4, 0.5) is 0 Å². The molecule has 1 aliphatic rings. The van der Waals surface area contributed by atoms with Gasteiger partial charge in [0, 0.05) is 24.7 Å². The van der Waals surface area contributed by atoms with E-state index in [1.54, 1.807) is 7.11 Å². The molecule has 2 rings (SSSR count). The maximum Gasteiger partial charge on any atom is 0.162 e. The normalized spacial score (nSPS) is 25.7. The van der Waals surface area contributed by atoms with Crippen LogP contribution in [0.5, 0.6) is 5.75 Å². The van der Waals surface area contributed by atoms with Gasteiger partial charge in [0.1, 0.15) is 11.5 Å². The molecule has 5 heteroatoms. The Labute approximate surface area is 156 Å². The lowest BCUT2D eigenvalue weighted by atomic mass is 9.86. The first-order valence-corrected chi connectivity index (χ1v) is 9.42. The van der Waals surface area contributed by atoms with E-state index in [0.29, 0.717) is 13.0 Å². The van der Waals surface area contributed by atoms with Gasteiger partial charge in [0.25, 0.3) is 0 Å². The third-order valence-electron chi connectivity index (χ3n) is 5.16. The summed E-state index contributed by atoms with van der Waals surface area (Å²) in [6.45, 7) is 8.33. The topological polar surface area (TPSA) is 65.0 Å². The fraction of sp³-hybridized carbons (Fsp3) is 0.667. The monoisotopic (exact) mass is 364 g/mol. The van der Waals surface area contributed by atoms with Gasteiger partial charge < -0.3 is 19.3 Å². The predicted octanol–water partition coefficient (Wildman–Crippen LogP) is 3.23. The number of hydrogen-bond donors (Lipinski definition) is 1. The Balaban J connectivity index is 1.96. The number of carbonyl (C=O) groups is 1. The van der Waals surface area contributed by atoms with Gasteiger partial charge in [-0.05, 0) is 23.6 Å². The quantitative estimate of drug-likeness (QED) is 0.767. The highest BCUT2D eigenvalue weighted by Crippen LogP contribution is 2.28. The lowest BCUT2D eigenvalue weighted by molar-refractivity contribution is -0.242. The van der Waals surface area contributed by atoms with Gasteiger partial charge in [0.05, 0.1) is 25.9 Å². The minimum atomic E-state index is -0.602. The van der Waals surface area contributed by atoms with Crippen LogP contribution in [0.1, 0.15) is 39.7 Å². The molecule has 0 radical (unpaired) electrons. The van der Waals surface area contributed by atoms with Crippen molar-refractivity contribution in [1.29, 1.82) is 0 Å². The van der Waals surface area contributed by atoms with E-state index in [2.05, 4.69) is 0 Å². The summed E-state index contributed by atoms with van der Waals surface area (Å²) in [6, 6.07) is 7.81. The van der Waals surface area contributed by atoms with Crippen molar-refractivity contribution < 1.29 is 24.1 Å². The average molecular weight is 364 g/mol. The van der Waals surface area contributed by atoms with E-state index < -0.39 is 6.10 Å². The van der Waals surface area contributed by atoms with Gasteiger partial charge in [-0.1, -0.05) is 39.8 Å².